The molecule has 0 fully saturated rings. The van der Waals surface area contributed by atoms with E-state index in [0.29, 0.717) is 0 Å². The Bertz CT molecular complexity index is 483. The molecule has 20 heavy (non-hydrogen) atoms. The quantitative estimate of drug-likeness (QED) is 0.809. The highest BCUT2D eigenvalue weighted by atomic mass is 16.3. The zero-order chi connectivity index (χ0) is 14.2. The van der Waals surface area contributed by atoms with Crippen molar-refractivity contribution in [3.05, 3.63) is 71.8 Å². The summed E-state index contributed by atoms with van der Waals surface area (Å²) in [5, 5.41) is 13.7. The van der Waals surface area contributed by atoms with Gasteiger partial charge in [0.2, 0.25) is 0 Å². The molecular formula is C18H23NO. The van der Waals surface area contributed by atoms with Crippen LogP contribution in [0.4, 0.5) is 0 Å². The van der Waals surface area contributed by atoms with Crippen LogP contribution < -0.4 is 5.32 Å². The van der Waals surface area contributed by atoms with Crippen LogP contribution in [0.1, 0.15) is 23.7 Å². The molecular weight excluding hydrogens is 246 g/mol. The normalized spacial score (nSPS) is 13.9. The highest BCUT2D eigenvalue weighted by Gasteiger charge is 2.19. The van der Waals surface area contributed by atoms with Crippen LogP contribution in [0.3, 0.4) is 0 Å². The minimum atomic E-state index is -0.410. The van der Waals surface area contributed by atoms with Crippen LogP contribution in [0.25, 0.3) is 0 Å². The first-order valence-electron chi connectivity index (χ1n) is 7.23. The number of benzene rings is 2. The van der Waals surface area contributed by atoms with Gasteiger partial charge in [-0.3, -0.25) is 0 Å². The average molecular weight is 269 g/mol. The molecule has 2 aromatic carbocycles. The second-order valence-corrected chi connectivity index (χ2v) is 5.20. The van der Waals surface area contributed by atoms with Crippen LogP contribution in [0.2, 0.25) is 0 Å². The van der Waals surface area contributed by atoms with Crippen molar-refractivity contribution in [1.29, 1.82) is 0 Å². The molecule has 0 aromatic heterocycles. The van der Waals surface area contributed by atoms with E-state index in [1.807, 2.05) is 43.4 Å². The van der Waals surface area contributed by atoms with E-state index < -0.39 is 6.10 Å². The van der Waals surface area contributed by atoms with Crippen LogP contribution in [-0.2, 0) is 6.42 Å². The lowest BCUT2D eigenvalue weighted by Crippen LogP contribution is -2.25. The molecule has 106 valence electrons. The zero-order valence-corrected chi connectivity index (χ0v) is 12.0. The number of rotatable bonds is 7. The Morgan fingerprint density at radius 1 is 0.950 bits per heavy atom. The molecule has 0 amide bonds. The van der Waals surface area contributed by atoms with Crippen molar-refractivity contribution in [3.8, 4) is 0 Å². The standard InChI is InChI=1S/C18H23NO/c1-19-14-17(13-12-15-8-4-2-5-9-15)18(20)16-10-6-3-7-11-16/h2-11,17-20H,12-14H2,1H3/t17-,18+/m1/s1. The molecule has 2 N–H and O–H groups in total. The summed E-state index contributed by atoms with van der Waals surface area (Å²) in [7, 11) is 1.94. The minimum absolute atomic E-state index is 0.225. The van der Waals surface area contributed by atoms with Gasteiger partial charge in [-0.25, -0.2) is 0 Å². The minimum Gasteiger partial charge on any atom is -0.388 e. The molecule has 0 radical (unpaired) electrons. The summed E-state index contributed by atoms with van der Waals surface area (Å²) in [5.74, 6) is 0.225. The van der Waals surface area contributed by atoms with Crippen LogP contribution >= 0.6 is 0 Å². The molecule has 0 saturated heterocycles. The van der Waals surface area contributed by atoms with Gasteiger partial charge in [0, 0.05) is 12.5 Å². The van der Waals surface area contributed by atoms with Crippen molar-refractivity contribution in [1.82, 2.24) is 5.32 Å². The van der Waals surface area contributed by atoms with Gasteiger partial charge in [0.05, 0.1) is 6.10 Å². The van der Waals surface area contributed by atoms with E-state index in [0.717, 1.165) is 24.9 Å². The van der Waals surface area contributed by atoms with Crippen molar-refractivity contribution >= 4 is 0 Å². The molecule has 0 bridgehead atoms. The number of aliphatic hydroxyl groups is 1. The molecule has 0 aliphatic rings. The number of nitrogens with one attached hydrogen (secondary N) is 1. The molecule has 0 spiro atoms. The third-order valence-electron chi connectivity index (χ3n) is 3.70. The maximum atomic E-state index is 10.5. The summed E-state index contributed by atoms with van der Waals surface area (Å²) >= 11 is 0. The average Bonchev–Trinajstić information content (AvgIpc) is 2.52. The van der Waals surface area contributed by atoms with Gasteiger partial charge in [-0.1, -0.05) is 60.7 Å². The van der Waals surface area contributed by atoms with Gasteiger partial charge >= 0.3 is 0 Å². The number of aliphatic hydroxyl groups excluding tert-OH is 1. The highest BCUT2D eigenvalue weighted by molar-refractivity contribution is 5.19. The molecule has 2 nitrogen and oxygen atoms in total. The molecule has 2 heteroatoms. The van der Waals surface area contributed by atoms with Gasteiger partial charge in [0.25, 0.3) is 0 Å². The van der Waals surface area contributed by atoms with E-state index in [9.17, 15) is 5.11 Å². The van der Waals surface area contributed by atoms with Gasteiger partial charge in [0.15, 0.2) is 0 Å². The largest absolute Gasteiger partial charge is 0.388 e. The predicted molar refractivity (Wildman–Crippen MR) is 83.6 cm³/mol. The smallest absolute Gasteiger partial charge is 0.0830 e. The maximum absolute atomic E-state index is 10.5. The zero-order valence-electron chi connectivity index (χ0n) is 12.0. The molecule has 2 rings (SSSR count). The Kier molecular flexibility index (Phi) is 5.78. The molecule has 0 saturated carbocycles. The number of aryl methyl sites for hydroxylation is 1. The fourth-order valence-corrected chi connectivity index (χ4v) is 2.55. The maximum Gasteiger partial charge on any atom is 0.0830 e. The first-order valence-corrected chi connectivity index (χ1v) is 7.23. The molecule has 0 unspecified atom stereocenters. The Morgan fingerprint density at radius 3 is 2.15 bits per heavy atom. The molecule has 2 aromatic rings. The summed E-state index contributed by atoms with van der Waals surface area (Å²) in [4.78, 5) is 0. The third kappa shape index (κ3) is 4.19. The molecule has 0 aliphatic heterocycles. The summed E-state index contributed by atoms with van der Waals surface area (Å²) in [6.07, 6.45) is 1.56. The van der Waals surface area contributed by atoms with E-state index in [-0.39, 0.29) is 5.92 Å². The van der Waals surface area contributed by atoms with Crippen LogP contribution in [-0.4, -0.2) is 18.7 Å². The fourth-order valence-electron chi connectivity index (χ4n) is 2.55. The Labute approximate surface area is 121 Å². The van der Waals surface area contributed by atoms with E-state index in [4.69, 9.17) is 0 Å². The van der Waals surface area contributed by atoms with Crippen molar-refractivity contribution in [3.63, 3.8) is 0 Å². The summed E-state index contributed by atoms with van der Waals surface area (Å²) < 4.78 is 0. The number of hydrogen-bond donors (Lipinski definition) is 2. The van der Waals surface area contributed by atoms with Crippen molar-refractivity contribution < 1.29 is 5.11 Å². The molecule has 0 heterocycles. The first-order chi connectivity index (χ1) is 9.81. The summed E-state index contributed by atoms with van der Waals surface area (Å²) in [5.41, 5.74) is 2.33. The van der Waals surface area contributed by atoms with E-state index >= 15 is 0 Å². The van der Waals surface area contributed by atoms with Crippen LogP contribution in [0.5, 0.6) is 0 Å². The van der Waals surface area contributed by atoms with Gasteiger partial charge in [-0.05, 0) is 31.0 Å². The number of hydrogen-bond acceptors (Lipinski definition) is 2. The van der Waals surface area contributed by atoms with Gasteiger partial charge in [-0.2, -0.15) is 0 Å². The van der Waals surface area contributed by atoms with Gasteiger partial charge in [-0.15, -0.1) is 0 Å². The molecule has 2 atom stereocenters. The lowest BCUT2D eigenvalue weighted by atomic mass is 9.90. The third-order valence-corrected chi connectivity index (χ3v) is 3.70. The Balaban J connectivity index is 1.99. The SMILES string of the molecule is CNC[C@@H](CCc1ccccc1)[C@@H](O)c1ccccc1. The van der Waals surface area contributed by atoms with Crippen molar-refractivity contribution in [2.75, 3.05) is 13.6 Å². The van der Waals surface area contributed by atoms with Crippen LogP contribution in [0, 0.1) is 5.92 Å². The fraction of sp³-hybridized carbons (Fsp3) is 0.333. The lowest BCUT2D eigenvalue weighted by Gasteiger charge is -2.23. The van der Waals surface area contributed by atoms with Crippen molar-refractivity contribution in [2.45, 2.75) is 18.9 Å². The van der Waals surface area contributed by atoms with E-state index in [1.165, 1.54) is 5.56 Å². The Morgan fingerprint density at radius 2 is 1.55 bits per heavy atom. The predicted octanol–water partition coefficient (Wildman–Crippen LogP) is 3.19. The van der Waals surface area contributed by atoms with Crippen molar-refractivity contribution in [2.24, 2.45) is 5.92 Å². The van der Waals surface area contributed by atoms with Gasteiger partial charge < -0.3 is 10.4 Å². The Hall–Kier alpha value is -1.64. The summed E-state index contributed by atoms with van der Waals surface area (Å²) in [6.45, 7) is 0.822. The summed E-state index contributed by atoms with van der Waals surface area (Å²) in [6, 6.07) is 20.4. The topological polar surface area (TPSA) is 32.3 Å². The second-order valence-electron chi connectivity index (χ2n) is 5.20. The van der Waals surface area contributed by atoms with Crippen LogP contribution in [0.15, 0.2) is 60.7 Å². The lowest BCUT2D eigenvalue weighted by molar-refractivity contribution is 0.103. The second kappa shape index (κ2) is 7.83. The van der Waals surface area contributed by atoms with Gasteiger partial charge in [0.1, 0.15) is 0 Å². The highest BCUT2D eigenvalue weighted by Crippen LogP contribution is 2.25. The first kappa shape index (κ1) is 14.8. The van der Waals surface area contributed by atoms with E-state index in [2.05, 4.69) is 29.6 Å². The monoisotopic (exact) mass is 269 g/mol. The molecule has 0 aliphatic carbocycles. The van der Waals surface area contributed by atoms with E-state index in [1.54, 1.807) is 0 Å².